The second kappa shape index (κ2) is 20.4. The van der Waals surface area contributed by atoms with Crippen LogP contribution in [0.2, 0.25) is 0 Å². The molecule has 0 bridgehead atoms. The first-order valence-corrected chi connectivity index (χ1v) is 25.9. The number of hydrogen-bond donors (Lipinski definition) is 3. The number of imide groups is 1. The van der Waals surface area contributed by atoms with Gasteiger partial charge in [0, 0.05) is 112 Å². The van der Waals surface area contributed by atoms with Gasteiger partial charge in [-0.2, -0.15) is 0 Å². The molecule has 5 aromatic rings. The fourth-order valence-electron chi connectivity index (χ4n) is 11.6. The third kappa shape index (κ3) is 10.0. The standard InChI is InChI=1S/C56H62FN9O7/c1-72-49-32-43-45(58-22-17-48(43)73-41-12-10-40(11-13-41)60-55(71)56(20-21-56)54(70)59-39-8-6-38(57)7-9-39)33-47(49)64-26-18-36(19-27-64)34-63-30-28-62(29-31-63)23-3-25-65-24-2-4-37-5-14-42-44(51(37)65)35-66(53(42)69)46-15-16-50(67)61-52(46)68/h5-14,17,22,32-33,36,46H,2-4,15-16,18-21,23-31,34-35H2,1H3,(H,59,70)(H,60,71)(H,61,67,68). The van der Waals surface area contributed by atoms with Gasteiger partial charge in [-0.3, -0.25) is 34.3 Å². The van der Waals surface area contributed by atoms with Gasteiger partial charge >= 0.3 is 0 Å². The number of hydrogen-bond acceptors (Lipinski definition) is 12. The van der Waals surface area contributed by atoms with Crippen molar-refractivity contribution in [2.75, 3.05) is 93.0 Å². The van der Waals surface area contributed by atoms with E-state index in [4.69, 9.17) is 14.5 Å². The number of halogens is 1. The van der Waals surface area contributed by atoms with Gasteiger partial charge < -0.3 is 44.6 Å². The summed E-state index contributed by atoms with van der Waals surface area (Å²) in [6.45, 7) is 10.5. The molecule has 17 heteroatoms. The number of nitrogens with one attached hydrogen (secondary N) is 3. The molecule has 0 radical (unpaired) electrons. The molecule has 4 fully saturated rings. The average molecular weight is 992 g/mol. The van der Waals surface area contributed by atoms with Crippen molar-refractivity contribution >= 4 is 63.2 Å². The Morgan fingerprint density at radius 2 is 1.51 bits per heavy atom. The van der Waals surface area contributed by atoms with Crippen LogP contribution in [0, 0.1) is 17.2 Å². The first kappa shape index (κ1) is 48.2. The Hall–Kier alpha value is -7.11. The lowest BCUT2D eigenvalue weighted by Crippen LogP contribution is -2.52. The molecule has 11 rings (SSSR count). The number of aromatic nitrogens is 1. The van der Waals surface area contributed by atoms with Gasteiger partial charge in [-0.1, -0.05) is 6.07 Å². The van der Waals surface area contributed by atoms with Crippen molar-refractivity contribution in [3.05, 3.63) is 108 Å². The van der Waals surface area contributed by atoms with Crippen LogP contribution in [0.4, 0.5) is 27.1 Å². The first-order chi connectivity index (χ1) is 35.5. The van der Waals surface area contributed by atoms with Gasteiger partial charge in [-0.25, -0.2) is 4.39 Å². The van der Waals surface area contributed by atoms with Crippen LogP contribution >= 0.6 is 0 Å². The number of ether oxygens (including phenoxy) is 2. The van der Waals surface area contributed by atoms with E-state index in [1.54, 1.807) is 42.5 Å². The highest BCUT2D eigenvalue weighted by molar-refractivity contribution is 6.17. The lowest BCUT2D eigenvalue weighted by atomic mass is 9.95. The van der Waals surface area contributed by atoms with Crippen molar-refractivity contribution < 1.29 is 37.8 Å². The minimum Gasteiger partial charge on any atom is -0.495 e. The van der Waals surface area contributed by atoms with Crippen molar-refractivity contribution in [1.29, 1.82) is 0 Å². The van der Waals surface area contributed by atoms with Crippen LogP contribution < -0.4 is 35.2 Å². The number of rotatable bonds is 15. The second-order valence-electron chi connectivity index (χ2n) is 20.5. The molecule has 1 aromatic heterocycles. The van der Waals surface area contributed by atoms with E-state index >= 15 is 0 Å². The summed E-state index contributed by atoms with van der Waals surface area (Å²) in [7, 11) is 1.69. The van der Waals surface area contributed by atoms with Crippen LogP contribution in [0.5, 0.6) is 17.2 Å². The highest BCUT2D eigenvalue weighted by atomic mass is 19.1. The lowest BCUT2D eigenvalue weighted by molar-refractivity contribution is -0.137. The zero-order valence-electron chi connectivity index (χ0n) is 41.3. The van der Waals surface area contributed by atoms with Crippen molar-refractivity contribution in [2.24, 2.45) is 11.3 Å². The van der Waals surface area contributed by atoms with Gasteiger partial charge in [0.2, 0.25) is 23.6 Å². The summed E-state index contributed by atoms with van der Waals surface area (Å²) in [6, 6.07) is 21.8. The van der Waals surface area contributed by atoms with E-state index in [0.29, 0.717) is 60.2 Å². The summed E-state index contributed by atoms with van der Waals surface area (Å²) in [6.07, 6.45) is 8.51. The van der Waals surface area contributed by atoms with Gasteiger partial charge in [0.05, 0.1) is 18.3 Å². The predicted molar refractivity (Wildman–Crippen MR) is 276 cm³/mol. The van der Waals surface area contributed by atoms with E-state index in [1.807, 2.05) is 18.2 Å². The van der Waals surface area contributed by atoms with Crippen molar-refractivity contribution in [2.45, 2.75) is 70.4 Å². The summed E-state index contributed by atoms with van der Waals surface area (Å²) < 4.78 is 25.7. The molecule has 3 N–H and O–H groups in total. The molecule has 0 spiro atoms. The number of anilines is 4. The van der Waals surface area contributed by atoms with Gasteiger partial charge in [0.25, 0.3) is 5.91 Å². The zero-order valence-corrected chi connectivity index (χ0v) is 41.3. The highest BCUT2D eigenvalue weighted by Crippen LogP contribution is 2.48. The second-order valence-corrected chi connectivity index (χ2v) is 20.5. The van der Waals surface area contributed by atoms with Crippen LogP contribution in [0.25, 0.3) is 10.9 Å². The summed E-state index contributed by atoms with van der Waals surface area (Å²) in [5.41, 5.74) is 5.81. The molecule has 4 aromatic carbocycles. The molecule has 73 heavy (non-hydrogen) atoms. The molecule has 1 saturated carbocycles. The molecule has 6 aliphatic rings. The van der Waals surface area contributed by atoms with Gasteiger partial charge in [-0.15, -0.1) is 0 Å². The number of carbonyl (C=O) groups excluding carboxylic acids is 5. The normalized spacial score (nSPS) is 20.1. The number of benzene rings is 4. The number of pyridine rings is 1. The Balaban J connectivity index is 0.637. The zero-order chi connectivity index (χ0) is 50.2. The topological polar surface area (TPSA) is 169 Å². The lowest BCUT2D eigenvalue weighted by Gasteiger charge is -2.40. The highest BCUT2D eigenvalue weighted by Gasteiger charge is 2.56. The number of fused-ring (bicyclic) bond motifs is 4. The van der Waals surface area contributed by atoms with Crippen molar-refractivity contribution in [1.82, 2.24) is 25.0 Å². The fraction of sp³-hybridized carbons (Fsp3) is 0.429. The van der Waals surface area contributed by atoms with E-state index in [0.717, 1.165) is 125 Å². The molecule has 1 aliphatic carbocycles. The molecule has 1 atom stereocenters. The van der Waals surface area contributed by atoms with Crippen LogP contribution in [0.1, 0.15) is 72.9 Å². The summed E-state index contributed by atoms with van der Waals surface area (Å²) in [5, 5.41) is 8.86. The minimum absolute atomic E-state index is 0.112. The molecule has 380 valence electrons. The Morgan fingerprint density at radius 1 is 0.795 bits per heavy atom. The van der Waals surface area contributed by atoms with Crippen molar-refractivity contribution in [3.63, 3.8) is 0 Å². The fourth-order valence-corrected chi connectivity index (χ4v) is 11.6. The molecule has 5 aliphatic heterocycles. The minimum atomic E-state index is -1.17. The van der Waals surface area contributed by atoms with Gasteiger partial charge in [0.1, 0.15) is 34.5 Å². The Morgan fingerprint density at radius 3 is 2.21 bits per heavy atom. The molecule has 6 heterocycles. The molecular formula is C56H62FN9O7. The van der Waals surface area contributed by atoms with E-state index in [2.05, 4.69) is 47.7 Å². The smallest absolute Gasteiger partial charge is 0.255 e. The van der Waals surface area contributed by atoms with E-state index in [9.17, 15) is 28.4 Å². The molecule has 16 nitrogen and oxygen atoms in total. The molecule has 3 saturated heterocycles. The van der Waals surface area contributed by atoms with Gasteiger partial charge in [-0.05, 0) is 142 Å². The van der Waals surface area contributed by atoms with Crippen LogP contribution in [0.3, 0.4) is 0 Å². The maximum Gasteiger partial charge on any atom is 0.255 e. The monoisotopic (exact) mass is 991 g/mol. The van der Waals surface area contributed by atoms with E-state index < -0.39 is 23.2 Å². The van der Waals surface area contributed by atoms with Crippen LogP contribution in [0.15, 0.2) is 85.1 Å². The van der Waals surface area contributed by atoms with Gasteiger partial charge in [0.15, 0.2) is 0 Å². The number of nitrogens with zero attached hydrogens (tertiary/aromatic N) is 6. The van der Waals surface area contributed by atoms with E-state index in [1.165, 1.54) is 35.5 Å². The largest absolute Gasteiger partial charge is 0.495 e. The summed E-state index contributed by atoms with van der Waals surface area (Å²) >= 11 is 0. The Kier molecular flexibility index (Phi) is 13.5. The third-order valence-corrected chi connectivity index (χ3v) is 15.9. The number of carbonyl (C=O) groups is 5. The maximum atomic E-state index is 13.6. The Labute approximate surface area is 424 Å². The Bertz CT molecular complexity index is 2930. The molecule has 5 amide bonds. The van der Waals surface area contributed by atoms with Crippen LogP contribution in [-0.2, 0) is 32.1 Å². The first-order valence-electron chi connectivity index (χ1n) is 25.9. The maximum absolute atomic E-state index is 13.6. The summed E-state index contributed by atoms with van der Waals surface area (Å²) in [5.74, 6) is 0.607. The number of aryl methyl sites for hydroxylation is 1. The van der Waals surface area contributed by atoms with E-state index in [-0.39, 0.29) is 30.0 Å². The average Bonchev–Trinajstić information content (AvgIpc) is 4.16. The molecular weight excluding hydrogens is 930 g/mol. The predicted octanol–water partition coefficient (Wildman–Crippen LogP) is 6.97. The quantitative estimate of drug-likeness (QED) is 0.0729. The van der Waals surface area contributed by atoms with Crippen molar-refractivity contribution in [3.8, 4) is 17.2 Å². The number of piperidine rings is 2. The van der Waals surface area contributed by atoms with Crippen LogP contribution in [-0.4, -0.2) is 128 Å². The number of amides is 5. The third-order valence-electron chi connectivity index (χ3n) is 15.9. The summed E-state index contributed by atoms with van der Waals surface area (Å²) in [4.78, 5) is 80.9. The molecule has 1 unspecified atom stereocenters. The number of piperazine rings is 1. The number of methoxy groups -OCH3 is 1. The SMILES string of the molecule is COc1cc2c(Oc3ccc(NC(=O)C4(C(=O)Nc5ccc(F)cc5)CC4)cc3)ccnc2cc1N1CCC(CN2CCN(CCCN3CCCc4ccc5c(c43)CN(C3CCC(=O)NC3=O)C5=O)CC2)CC1.